The Kier molecular flexibility index (Phi) is 5.27. The Hall–Kier alpha value is -2.57. The zero-order valence-electron chi connectivity index (χ0n) is 14.1. The predicted molar refractivity (Wildman–Crippen MR) is 104 cm³/mol. The fraction of sp³-hybridized carbons (Fsp3) is 0.100. The van der Waals surface area contributed by atoms with Gasteiger partial charge in [0, 0.05) is 16.3 Å². The highest BCUT2D eigenvalue weighted by Gasteiger charge is 2.14. The first-order valence-corrected chi connectivity index (χ1v) is 9.72. The third kappa shape index (κ3) is 4.23. The van der Waals surface area contributed by atoms with Gasteiger partial charge in [-0.05, 0) is 48.0 Å². The van der Waals surface area contributed by atoms with Crippen LogP contribution < -0.4 is 0 Å². The molecule has 0 N–H and O–H groups in total. The minimum absolute atomic E-state index is 0.189. The van der Waals surface area contributed by atoms with E-state index in [0.29, 0.717) is 39.6 Å². The van der Waals surface area contributed by atoms with Crippen LogP contribution in [0.3, 0.4) is 0 Å². The summed E-state index contributed by atoms with van der Waals surface area (Å²) in [7, 11) is 0. The molecule has 0 spiro atoms. The van der Waals surface area contributed by atoms with Crippen molar-refractivity contribution in [1.82, 2.24) is 10.1 Å². The highest BCUT2D eigenvalue weighted by Crippen LogP contribution is 2.27. The van der Waals surface area contributed by atoms with Crippen LogP contribution in [-0.4, -0.2) is 10.1 Å². The van der Waals surface area contributed by atoms with Gasteiger partial charge in [-0.15, -0.1) is 11.8 Å². The lowest BCUT2D eigenvalue weighted by molar-refractivity contribution is 0.413. The van der Waals surface area contributed by atoms with E-state index in [-0.39, 0.29) is 5.82 Å². The molecule has 27 heavy (non-hydrogen) atoms. The van der Waals surface area contributed by atoms with E-state index in [9.17, 15) is 4.39 Å². The zero-order valence-corrected chi connectivity index (χ0v) is 15.6. The van der Waals surface area contributed by atoms with Crippen molar-refractivity contribution in [2.45, 2.75) is 11.5 Å². The molecular formula is C20H14ClFN2O2S. The second-order valence-corrected chi connectivity index (χ2v) is 7.20. The molecule has 0 radical (unpaired) electrons. The van der Waals surface area contributed by atoms with Gasteiger partial charge in [-0.25, -0.2) is 4.39 Å². The standard InChI is InChI=1S/C20H14ClFN2O2S/c21-15-7-5-13(6-8-15)19-23-20(26-24-19)18-10-9-16(25-18)12-27-11-14-3-1-2-4-17(14)22/h1-10H,11-12H2. The molecule has 136 valence electrons. The van der Waals surface area contributed by atoms with Crippen LogP contribution in [0.5, 0.6) is 0 Å². The molecule has 0 bridgehead atoms. The van der Waals surface area contributed by atoms with E-state index in [0.717, 1.165) is 11.3 Å². The second-order valence-electron chi connectivity index (χ2n) is 5.78. The Morgan fingerprint density at radius 1 is 0.963 bits per heavy atom. The second kappa shape index (κ2) is 7.98. The molecule has 2 aromatic carbocycles. The van der Waals surface area contributed by atoms with E-state index >= 15 is 0 Å². The van der Waals surface area contributed by atoms with Gasteiger partial charge in [-0.2, -0.15) is 4.98 Å². The average Bonchev–Trinajstić information content (AvgIpc) is 3.33. The number of halogens is 2. The van der Waals surface area contributed by atoms with Crippen LogP contribution in [0.4, 0.5) is 4.39 Å². The van der Waals surface area contributed by atoms with Crippen molar-refractivity contribution >= 4 is 23.4 Å². The van der Waals surface area contributed by atoms with Crippen molar-refractivity contribution in [3.8, 4) is 23.0 Å². The Bertz CT molecular complexity index is 1050. The Labute approximate surface area is 164 Å². The summed E-state index contributed by atoms with van der Waals surface area (Å²) in [6, 6.07) is 17.6. The van der Waals surface area contributed by atoms with Gasteiger partial charge in [0.15, 0.2) is 5.76 Å². The van der Waals surface area contributed by atoms with Gasteiger partial charge < -0.3 is 8.94 Å². The SMILES string of the molecule is Fc1ccccc1CSCc1ccc(-c2nc(-c3ccc(Cl)cc3)no2)o1. The zero-order chi connectivity index (χ0) is 18.6. The van der Waals surface area contributed by atoms with Crippen molar-refractivity contribution < 1.29 is 13.3 Å². The molecule has 4 rings (SSSR count). The van der Waals surface area contributed by atoms with Gasteiger partial charge in [0.2, 0.25) is 5.82 Å². The fourth-order valence-corrected chi connectivity index (χ4v) is 3.53. The maximum Gasteiger partial charge on any atom is 0.293 e. The van der Waals surface area contributed by atoms with Gasteiger partial charge in [0.05, 0.1) is 5.75 Å². The Morgan fingerprint density at radius 3 is 2.59 bits per heavy atom. The third-order valence-corrected chi connectivity index (χ3v) is 5.12. The first kappa shape index (κ1) is 17.8. The third-order valence-electron chi connectivity index (χ3n) is 3.86. The van der Waals surface area contributed by atoms with Crippen LogP contribution in [0.2, 0.25) is 5.02 Å². The van der Waals surface area contributed by atoms with Crippen LogP contribution >= 0.6 is 23.4 Å². The summed E-state index contributed by atoms with van der Waals surface area (Å²) in [5.74, 6) is 3.04. The number of aromatic nitrogens is 2. The summed E-state index contributed by atoms with van der Waals surface area (Å²) in [6.45, 7) is 0. The topological polar surface area (TPSA) is 52.1 Å². The van der Waals surface area contributed by atoms with E-state index in [1.54, 1.807) is 42.1 Å². The molecule has 0 aliphatic rings. The van der Waals surface area contributed by atoms with Crippen LogP contribution in [-0.2, 0) is 11.5 Å². The maximum absolute atomic E-state index is 13.6. The maximum atomic E-state index is 13.6. The molecule has 2 aromatic heterocycles. The molecule has 0 fully saturated rings. The number of hydrogen-bond acceptors (Lipinski definition) is 5. The number of benzene rings is 2. The lowest BCUT2D eigenvalue weighted by Gasteiger charge is -2.01. The van der Waals surface area contributed by atoms with Crippen molar-refractivity contribution in [1.29, 1.82) is 0 Å². The van der Waals surface area contributed by atoms with E-state index in [2.05, 4.69) is 10.1 Å². The fourth-order valence-electron chi connectivity index (χ4n) is 2.49. The van der Waals surface area contributed by atoms with Crippen molar-refractivity contribution in [2.24, 2.45) is 0 Å². The summed E-state index contributed by atoms with van der Waals surface area (Å²) in [6.07, 6.45) is 0. The van der Waals surface area contributed by atoms with Crippen LogP contribution in [0, 0.1) is 5.82 Å². The van der Waals surface area contributed by atoms with Gasteiger partial charge in [-0.1, -0.05) is 35.0 Å². The quantitative estimate of drug-likeness (QED) is 0.384. The molecule has 0 atom stereocenters. The summed E-state index contributed by atoms with van der Waals surface area (Å²) in [4.78, 5) is 4.36. The molecule has 0 aliphatic carbocycles. The van der Waals surface area contributed by atoms with E-state index in [4.69, 9.17) is 20.5 Å². The van der Waals surface area contributed by atoms with Gasteiger partial charge in [-0.3, -0.25) is 0 Å². The van der Waals surface area contributed by atoms with Crippen LogP contribution in [0.15, 0.2) is 69.6 Å². The minimum Gasteiger partial charge on any atom is -0.455 e. The molecule has 0 aliphatic heterocycles. The number of hydrogen-bond donors (Lipinski definition) is 0. The largest absolute Gasteiger partial charge is 0.455 e. The summed E-state index contributed by atoms with van der Waals surface area (Å²) >= 11 is 7.46. The van der Waals surface area contributed by atoms with Gasteiger partial charge in [0.1, 0.15) is 11.6 Å². The average molecular weight is 401 g/mol. The summed E-state index contributed by atoms with van der Waals surface area (Å²) in [5.41, 5.74) is 1.49. The molecule has 7 heteroatoms. The molecular weight excluding hydrogens is 387 g/mol. The Morgan fingerprint density at radius 2 is 1.78 bits per heavy atom. The monoisotopic (exact) mass is 400 g/mol. The van der Waals surface area contributed by atoms with Crippen LogP contribution in [0.25, 0.3) is 23.0 Å². The van der Waals surface area contributed by atoms with Crippen molar-refractivity contribution in [2.75, 3.05) is 0 Å². The predicted octanol–water partition coefficient (Wildman–Crippen LogP) is 6.22. The highest BCUT2D eigenvalue weighted by atomic mass is 35.5. The normalized spacial score (nSPS) is 11.0. The first-order chi connectivity index (χ1) is 13.2. The number of furan rings is 1. The molecule has 0 saturated heterocycles. The van der Waals surface area contributed by atoms with Crippen molar-refractivity contribution in [3.05, 3.63) is 82.8 Å². The molecule has 4 aromatic rings. The number of rotatable bonds is 6. The smallest absolute Gasteiger partial charge is 0.293 e. The van der Waals surface area contributed by atoms with Gasteiger partial charge in [0.25, 0.3) is 5.89 Å². The van der Waals surface area contributed by atoms with Crippen molar-refractivity contribution in [3.63, 3.8) is 0 Å². The molecule has 2 heterocycles. The highest BCUT2D eigenvalue weighted by molar-refractivity contribution is 7.97. The summed E-state index contributed by atoms with van der Waals surface area (Å²) in [5, 5.41) is 4.62. The minimum atomic E-state index is -0.189. The number of thioether (sulfide) groups is 1. The first-order valence-electron chi connectivity index (χ1n) is 8.19. The van der Waals surface area contributed by atoms with E-state index < -0.39 is 0 Å². The summed E-state index contributed by atoms with van der Waals surface area (Å²) < 4.78 is 24.7. The van der Waals surface area contributed by atoms with E-state index in [1.807, 2.05) is 24.3 Å². The van der Waals surface area contributed by atoms with E-state index in [1.165, 1.54) is 6.07 Å². The molecule has 0 amide bonds. The number of nitrogens with zero attached hydrogens (tertiary/aromatic N) is 2. The molecule has 0 unspecified atom stereocenters. The molecule has 0 saturated carbocycles. The van der Waals surface area contributed by atoms with Gasteiger partial charge >= 0.3 is 0 Å². The lowest BCUT2D eigenvalue weighted by Crippen LogP contribution is -1.86. The van der Waals surface area contributed by atoms with Crippen LogP contribution in [0.1, 0.15) is 11.3 Å². The lowest BCUT2D eigenvalue weighted by atomic mass is 10.2. The molecule has 4 nitrogen and oxygen atoms in total. The Balaban J connectivity index is 1.41.